The molecule has 1 saturated heterocycles. The second kappa shape index (κ2) is 8.03. The third-order valence-electron chi connectivity index (χ3n) is 6.07. The fourth-order valence-electron chi connectivity index (χ4n) is 4.41. The largest absolute Gasteiger partial charge is 0.336 e. The Kier molecular flexibility index (Phi) is 5.62. The van der Waals surface area contributed by atoms with Crippen molar-refractivity contribution in [3.05, 3.63) is 40.6 Å². The molecular weight excluding hydrogens is 386 g/mol. The normalized spacial score (nSPS) is 18.1. The minimum atomic E-state index is -2.96. The van der Waals surface area contributed by atoms with Crippen LogP contribution in [0.3, 0.4) is 0 Å². The molecule has 2 heterocycles. The number of hydrogen-bond acceptors (Lipinski definition) is 5. The Hall–Kier alpha value is -1.99. The molecule has 0 saturated carbocycles. The van der Waals surface area contributed by atoms with E-state index < -0.39 is 9.84 Å². The summed E-state index contributed by atoms with van der Waals surface area (Å²) in [6.45, 7) is 5.28. The summed E-state index contributed by atoms with van der Waals surface area (Å²) >= 11 is 0. The van der Waals surface area contributed by atoms with Crippen LogP contribution in [0, 0.1) is 6.92 Å². The molecule has 6 nitrogen and oxygen atoms in total. The molecule has 1 aromatic heterocycles. The maximum absolute atomic E-state index is 13.6. The maximum Gasteiger partial charge on any atom is 0.254 e. The highest BCUT2D eigenvalue weighted by molar-refractivity contribution is 7.90. The van der Waals surface area contributed by atoms with Crippen LogP contribution in [0.5, 0.6) is 0 Å². The van der Waals surface area contributed by atoms with Crippen molar-refractivity contribution in [2.75, 3.05) is 44.7 Å². The van der Waals surface area contributed by atoms with Crippen molar-refractivity contribution >= 4 is 26.6 Å². The molecule has 29 heavy (non-hydrogen) atoms. The predicted molar refractivity (Wildman–Crippen MR) is 115 cm³/mol. The van der Waals surface area contributed by atoms with Crippen molar-refractivity contribution in [1.82, 2.24) is 14.8 Å². The number of fused-ring (bicyclic) bond motifs is 2. The van der Waals surface area contributed by atoms with Crippen LogP contribution in [-0.2, 0) is 22.7 Å². The first-order valence-electron chi connectivity index (χ1n) is 10.4. The van der Waals surface area contributed by atoms with E-state index in [4.69, 9.17) is 4.98 Å². The van der Waals surface area contributed by atoms with Gasteiger partial charge < -0.3 is 4.90 Å². The minimum Gasteiger partial charge on any atom is -0.336 e. The summed E-state index contributed by atoms with van der Waals surface area (Å²) in [5.41, 5.74) is 5.11. The Balaban J connectivity index is 1.60. The van der Waals surface area contributed by atoms with E-state index in [1.165, 1.54) is 6.26 Å². The van der Waals surface area contributed by atoms with Gasteiger partial charge in [-0.25, -0.2) is 8.42 Å². The average molecular weight is 416 g/mol. The number of nitrogens with zero attached hydrogens (tertiary/aromatic N) is 3. The quantitative estimate of drug-likeness (QED) is 0.766. The lowest BCUT2D eigenvalue weighted by Gasteiger charge is -2.35. The third kappa shape index (κ3) is 4.46. The Bertz CT molecular complexity index is 1040. The Morgan fingerprint density at radius 2 is 1.83 bits per heavy atom. The van der Waals surface area contributed by atoms with Crippen LogP contribution < -0.4 is 0 Å². The third-order valence-corrected chi connectivity index (χ3v) is 6.99. The summed E-state index contributed by atoms with van der Waals surface area (Å²) in [5.74, 6) is 0.270. The average Bonchev–Trinajstić information content (AvgIpc) is 2.70. The lowest BCUT2D eigenvalue weighted by atomic mass is 9.89. The highest BCUT2D eigenvalue weighted by atomic mass is 32.2. The number of aryl methyl sites for hydroxylation is 2. The lowest BCUT2D eigenvalue weighted by molar-refractivity contribution is 0.0644. The Labute approximate surface area is 172 Å². The lowest BCUT2D eigenvalue weighted by Crippen LogP contribution is -2.49. The number of carbonyl (C=O) groups is 1. The summed E-state index contributed by atoms with van der Waals surface area (Å²) < 4.78 is 22.8. The van der Waals surface area contributed by atoms with E-state index >= 15 is 0 Å². The van der Waals surface area contributed by atoms with Gasteiger partial charge in [0.2, 0.25) is 0 Å². The predicted octanol–water partition coefficient (Wildman–Crippen LogP) is 2.22. The highest BCUT2D eigenvalue weighted by Crippen LogP contribution is 2.31. The number of benzene rings is 1. The van der Waals surface area contributed by atoms with Crippen LogP contribution >= 0.6 is 0 Å². The summed E-state index contributed by atoms with van der Waals surface area (Å²) in [4.78, 5) is 22.5. The smallest absolute Gasteiger partial charge is 0.254 e. The first kappa shape index (κ1) is 20.3. The molecule has 7 heteroatoms. The SMILES string of the molecule is Cc1ccc2nc3c(c(C(=O)N4CCN(CCS(C)(=O)=O)CC4)c2c1)CCCC3. The molecule has 0 N–H and O–H groups in total. The second-order valence-electron chi connectivity index (χ2n) is 8.40. The van der Waals surface area contributed by atoms with Gasteiger partial charge in [0, 0.05) is 50.1 Å². The number of rotatable bonds is 4. The van der Waals surface area contributed by atoms with Crippen LogP contribution in [0.4, 0.5) is 0 Å². The molecule has 0 unspecified atom stereocenters. The number of amides is 1. The molecule has 0 spiro atoms. The summed E-state index contributed by atoms with van der Waals surface area (Å²) in [5, 5.41) is 0.968. The summed E-state index contributed by atoms with van der Waals surface area (Å²) in [6, 6.07) is 6.17. The van der Waals surface area contributed by atoms with Crippen molar-refractivity contribution in [2.45, 2.75) is 32.6 Å². The Morgan fingerprint density at radius 3 is 2.55 bits per heavy atom. The van der Waals surface area contributed by atoms with Crippen LogP contribution in [-0.4, -0.2) is 73.8 Å². The summed E-state index contributed by atoms with van der Waals surface area (Å²) in [6.07, 6.45) is 5.36. The van der Waals surface area contributed by atoms with Crippen LogP contribution in [0.2, 0.25) is 0 Å². The highest BCUT2D eigenvalue weighted by Gasteiger charge is 2.28. The molecule has 1 fully saturated rings. The van der Waals surface area contributed by atoms with Crippen molar-refractivity contribution in [3.63, 3.8) is 0 Å². The topological polar surface area (TPSA) is 70.6 Å². The van der Waals surface area contributed by atoms with Gasteiger partial charge in [0.15, 0.2) is 0 Å². The Morgan fingerprint density at radius 1 is 1.10 bits per heavy atom. The van der Waals surface area contributed by atoms with E-state index in [0.29, 0.717) is 32.7 Å². The fraction of sp³-hybridized carbons (Fsp3) is 0.545. The fourth-order valence-corrected chi connectivity index (χ4v) is 5.00. The van der Waals surface area contributed by atoms with Crippen molar-refractivity contribution in [3.8, 4) is 0 Å². The standard InChI is InChI=1S/C22H29N3O3S/c1-16-7-8-20-18(15-16)21(17-5-3-4-6-19(17)23-20)22(26)25-11-9-24(10-12-25)13-14-29(2,27)28/h7-8,15H,3-6,9-14H2,1-2H3. The van der Waals surface area contributed by atoms with Gasteiger partial charge in [-0.2, -0.15) is 0 Å². The number of sulfone groups is 1. The van der Waals surface area contributed by atoms with Gasteiger partial charge in [-0.15, -0.1) is 0 Å². The van der Waals surface area contributed by atoms with Crippen molar-refractivity contribution in [1.29, 1.82) is 0 Å². The molecule has 1 aliphatic heterocycles. The van der Waals surface area contributed by atoms with E-state index in [1.54, 1.807) is 0 Å². The van der Waals surface area contributed by atoms with Gasteiger partial charge in [-0.1, -0.05) is 11.6 Å². The van der Waals surface area contributed by atoms with Gasteiger partial charge in [0.1, 0.15) is 9.84 Å². The molecule has 1 aliphatic carbocycles. The molecule has 2 aromatic rings. The van der Waals surface area contributed by atoms with E-state index in [1.807, 2.05) is 17.9 Å². The van der Waals surface area contributed by atoms with Crippen molar-refractivity contribution in [2.24, 2.45) is 0 Å². The van der Waals surface area contributed by atoms with Crippen LogP contribution in [0.15, 0.2) is 18.2 Å². The second-order valence-corrected chi connectivity index (χ2v) is 10.7. The van der Waals surface area contributed by atoms with Gasteiger partial charge in [-0.3, -0.25) is 14.7 Å². The van der Waals surface area contributed by atoms with E-state index in [0.717, 1.165) is 59.0 Å². The molecule has 1 aromatic carbocycles. The van der Waals surface area contributed by atoms with E-state index in [9.17, 15) is 13.2 Å². The molecule has 4 rings (SSSR count). The molecule has 156 valence electrons. The number of carbonyl (C=O) groups excluding carboxylic acids is 1. The zero-order valence-electron chi connectivity index (χ0n) is 17.3. The van der Waals surface area contributed by atoms with Crippen molar-refractivity contribution < 1.29 is 13.2 Å². The zero-order chi connectivity index (χ0) is 20.6. The molecule has 0 atom stereocenters. The summed E-state index contributed by atoms with van der Waals surface area (Å²) in [7, 11) is -2.96. The molecule has 1 amide bonds. The monoisotopic (exact) mass is 415 g/mol. The van der Waals surface area contributed by atoms with Gasteiger partial charge >= 0.3 is 0 Å². The minimum absolute atomic E-state index is 0.101. The van der Waals surface area contributed by atoms with E-state index in [-0.39, 0.29) is 11.7 Å². The number of hydrogen-bond donors (Lipinski definition) is 0. The first-order valence-corrected chi connectivity index (χ1v) is 12.5. The van der Waals surface area contributed by atoms with Gasteiger partial charge in [0.25, 0.3) is 5.91 Å². The first-order chi connectivity index (χ1) is 13.8. The molecular formula is C22H29N3O3S. The van der Waals surface area contributed by atoms with Gasteiger partial charge in [0.05, 0.1) is 16.8 Å². The van der Waals surface area contributed by atoms with Gasteiger partial charge in [-0.05, 0) is 50.3 Å². The maximum atomic E-state index is 13.6. The molecule has 2 aliphatic rings. The molecule has 0 radical (unpaired) electrons. The van der Waals surface area contributed by atoms with E-state index in [2.05, 4.69) is 17.0 Å². The zero-order valence-corrected chi connectivity index (χ0v) is 18.1. The van der Waals surface area contributed by atoms with Crippen LogP contribution in [0.25, 0.3) is 10.9 Å². The number of aromatic nitrogens is 1. The van der Waals surface area contributed by atoms with Crippen LogP contribution in [0.1, 0.15) is 40.0 Å². The molecule has 0 bridgehead atoms. The number of piperazine rings is 1. The number of pyridine rings is 1.